The van der Waals surface area contributed by atoms with Crippen molar-refractivity contribution in [3.8, 4) is 0 Å². The van der Waals surface area contributed by atoms with Crippen LogP contribution in [0.2, 0.25) is 0 Å². The number of rotatable bonds is 2. The first-order valence-corrected chi connectivity index (χ1v) is 7.45. The second-order valence-corrected chi connectivity index (χ2v) is 6.60. The average Bonchev–Trinajstić information content (AvgIpc) is 2.95. The molecule has 0 bridgehead atoms. The Morgan fingerprint density at radius 1 is 1.41 bits per heavy atom. The van der Waals surface area contributed by atoms with Gasteiger partial charge >= 0.3 is 0 Å². The Morgan fingerprint density at radius 3 is 2.71 bits per heavy atom. The minimum Gasteiger partial charge on any atom is -0.216 e. The molecule has 1 aliphatic carbocycles. The van der Waals surface area contributed by atoms with Gasteiger partial charge in [-0.2, -0.15) is 9.50 Å². The summed E-state index contributed by atoms with van der Waals surface area (Å²) in [5.74, 6) is 0.706. The van der Waals surface area contributed by atoms with Crippen molar-refractivity contribution in [3.05, 3.63) is 17.5 Å². The molecule has 0 spiro atoms. The molecule has 0 radical (unpaired) electrons. The first kappa shape index (κ1) is 10.9. The van der Waals surface area contributed by atoms with Crippen LogP contribution in [0.5, 0.6) is 0 Å². The SMILES string of the molecule is Cc1cc(C2CC2)n2nc(S(=O)(=O)Cl)nc2n1. The summed E-state index contributed by atoms with van der Waals surface area (Å²) < 4.78 is 23.8. The standard InChI is InChI=1S/C9H9ClN4O2S/c1-5-4-7(6-2-3-6)14-8(11-5)12-9(13-14)17(10,15)16/h4,6H,2-3H2,1H3. The predicted molar refractivity (Wildman–Crippen MR) is 60.5 cm³/mol. The number of halogens is 1. The zero-order chi connectivity index (χ0) is 12.2. The maximum atomic E-state index is 11.2. The Hall–Kier alpha value is -1.21. The van der Waals surface area contributed by atoms with Crippen LogP contribution in [0.1, 0.15) is 30.1 Å². The lowest BCUT2D eigenvalue weighted by Gasteiger charge is -2.01. The molecular formula is C9H9ClN4O2S. The van der Waals surface area contributed by atoms with Crippen LogP contribution < -0.4 is 0 Å². The van der Waals surface area contributed by atoms with Crippen molar-refractivity contribution in [2.45, 2.75) is 30.8 Å². The molecule has 6 nitrogen and oxygen atoms in total. The number of aromatic nitrogens is 4. The number of nitrogens with zero attached hydrogens (tertiary/aromatic N) is 4. The van der Waals surface area contributed by atoms with E-state index in [1.165, 1.54) is 4.52 Å². The molecule has 3 rings (SSSR count). The van der Waals surface area contributed by atoms with Crippen LogP contribution in [0.25, 0.3) is 5.78 Å². The summed E-state index contributed by atoms with van der Waals surface area (Å²) in [6, 6.07) is 1.91. The minimum atomic E-state index is -3.91. The zero-order valence-electron chi connectivity index (χ0n) is 8.96. The summed E-state index contributed by atoms with van der Waals surface area (Å²) in [5, 5.41) is 3.52. The molecule has 0 aliphatic heterocycles. The highest BCUT2D eigenvalue weighted by Gasteiger charge is 2.28. The van der Waals surface area contributed by atoms with Gasteiger partial charge in [-0.05, 0) is 25.8 Å². The third kappa shape index (κ3) is 1.89. The van der Waals surface area contributed by atoms with Gasteiger partial charge in [-0.15, -0.1) is 5.10 Å². The van der Waals surface area contributed by atoms with E-state index in [0.29, 0.717) is 5.92 Å². The third-order valence-corrected chi connectivity index (χ3v) is 3.69. The Kier molecular flexibility index (Phi) is 2.18. The zero-order valence-corrected chi connectivity index (χ0v) is 10.5. The molecule has 0 atom stereocenters. The maximum Gasteiger partial charge on any atom is 0.298 e. The minimum absolute atomic E-state index is 0.283. The molecule has 17 heavy (non-hydrogen) atoms. The van der Waals surface area contributed by atoms with Gasteiger partial charge in [0.05, 0.1) is 5.69 Å². The highest BCUT2D eigenvalue weighted by atomic mass is 35.7. The highest BCUT2D eigenvalue weighted by Crippen LogP contribution is 2.40. The molecule has 1 fully saturated rings. The molecule has 2 aromatic rings. The lowest BCUT2D eigenvalue weighted by atomic mass is 10.2. The number of aryl methyl sites for hydroxylation is 1. The quantitative estimate of drug-likeness (QED) is 0.769. The van der Waals surface area contributed by atoms with Crippen LogP contribution in [0.4, 0.5) is 0 Å². The van der Waals surface area contributed by atoms with E-state index in [9.17, 15) is 8.42 Å². The van der Waals surface area contributed by atoms with Crippen molar-refractivity contribution in [1.82, 2.24) is 19.6 Å². The number of hydrogen-bond donors (Lipinski definition) is 0. The van der Waals surface area contributed by atoms with E-state index in [-0.39, 0.29) is 10.9 Å². The first-order valence-electron chi connectivity index (χ1n) is 5.14. The van der Waals surface area contributed by atoms with E-state index < -0.39 is 9.05 Å². The fourth-order valence-corrected chi connectivity index (χ4v) is 2.34. The van der Waals surface area contributed by atoms with Crippen LogP contribution in [-0.4, -0.2) is 28.0 Å². The van der Waals surface area contributed by atoms with Crippen molar-refractivity contribution < 1.29 is 8.42 Å². The van der Waals surface area contributed by atoms with Crippen molar-refractivity contribution in [1.29, 1.82) is 0 Å². The molecule has 8 heteroatoms. The van der Waals surface area contributed by atoms with E-state index in [2.05, 4.69) is 15.1 Å². The third-order valence-electron chi connectivity index (χ3n) is 2.66. The molecular weight excluding hydrogens is 264 g/mol. The van der Waals surface area contributed by atoms with Gasteiger partial charge in [-0.3, -0.25) is 0 Å². The van der Waals surface area contributed by atoms with Crippen molar-refractivity contribution in [2.24, 2.45) is 0 Å². The highest BCUT2D eigenvalue weighted by molar-refractivity contribution is 8.13. The lowest BCUT2D eigenvalue weighted by Crippen LogP contribution is -2.01. The molecule has 0 unspecified atom stereocenters. The van der Waals surface area contributed by atoms with Crippen LogP contribution in [-0.2, 0) is 9.05 Å². The topological polar surface area (TPSA) is 77.2 Å². The van der Waals surface area contributed by atoms with Gasteiger partial charge in [0.2, 0.25) is 0 Å². The summed E-state index contributed by atoms with van der Waals surface area (Å²) in [4.78, 5) is 7.98. The normalized spacial score (nSPS) is 16.6. The van der Waals surface area contributed by atoms with E-state index in [1.807, 2.05) is 13.0 Å². The van der Waals surface area contributed by atoms with Gasteiger partial charge < -0.3 is 0 Å². The van der Waals surface area contributed by atoms with Crippen LogP contribution in [0.3, 0.4) is 0 Å². The Balaban J connectivity index is 2.31. The molecule has 1 aliphatic rings. The van der Waals surface area contributed by atoms with E-state index in [0.717, 1.165) is 24.2 Å². The van der Waals surface area contributed by atoms with Crippen molar-refractivity contribution in [2.75, 3.05) is 0 Å². The fraction of sp³-hybridized carbons (Fsp3) is 0.444. The number of fused-ring (bicyclic) bond motifs is 1. The summed E-state index contributed by atoms with van der Waals surface area (Å²) in [7, 11) is 1.31. The van der Waals surface area contributed by atoms with Crippen LogP contribution in [0.15, 0.2) is 11.2 Å². The van der Waals surface area contributed by atoms with Gasteiger partial charge in [0.15, 0.2) is 0 Å². The average molecular weight is 273 g/mol. The van der Waals surface area contributed by atoms with Gasteiger partial charge in [0, 0.05) is 22.3 Å². The summed E-state index contributed by atoms with van der Waals surface area (Å²) in [6.07, 6.45) is 2.17. The largest absolute Gasteiger partial charge is 0.298 e. The molecule has 2 heterocycles. The molecule has 0 saturated heterocycles. The first-order chi connectivity index (χ1) is 7.95. The maximum absolute atomic E-state index is 11.2. The van der Waals surface area contributed by atoms with Crippen LogP contribution >= 0.6 is 10.7 Å². The smallest absolute Gasteiger partial charge is 0.216 e. The molecule has 0 amide bonds. The molecule has 90 valence electrons. The lowest BCUT2D eigenvalue weighted by molar-refractivity contribution is 0.600. The van der Waals surface area contributed by atoms with Gasteiger partial charge in [0.25, 0.3) is 20.0 Å². The van der Waals surface area contributed by atoms with Crippen LogP contribution in [0, 0.1) is 6.92 Å². The summed E-state index contributed by atoms with van der Waals surface area (Å²) in [5.41, 5.74) is 1.75. The summed E-state index contributed by atoms with van der Waals surface area (Å²) >= 11 is 0. The summed E-state index contributed by atoms with van der Waals surface area (Å²) in [6.45, 7) is 1.84. The van der Waals surface area contributed by atoms with E-state index >= 15 is 0 Å². The molecule has 1 saturated carbocycles. The van der Waals surface area contributed by atoms with Crippen molar-refractivity contribution in [3.63, 3.8) is 0 Å². The molecule has 0 aromatic carbocycles. The monoisotopic (exact) mass is 272 g/mol. The molecule has 2 aromatic heterocycles. The van der Waals surface area contributed by atoms with Gasteiger partial charge in [0.1, 0.15) is 0 Å². The second-order valence-electron chi connectivity index (χ2n) is 4.14. The van der Waals surface area contributed by atoms with Gasteiger partial charge in [-0.25, -0.2) is 13.4 Å². The number of hydrogen-bond acceptors (Lipinski definition) is 5. The van der Waals surface area contributed by atoms with E-state index in [1.54, 1.807) is 0 Å². The Bertz CT molecular complexity index is 705. The van der Waals surface area contributed by atoms with Gasteiger partial charge in [-0.1, -0.05) is 0 Å². The van der Waals surface area contributed by atoms with Crippen molar-refractivity contribution >= 4 is 25.5 Å². The van der Waals surface area contributed by atoms with E-state index in [4.69, 9.17) is 10.7 Å². The predicted octanol–water partition coefficient (Wildman–Crippen LogP) is 1.24. The fourth-order valence-electron chi connectivity index (χ4n) is 1.77. The molecule has 0 N–H and O–H groups in total. The Labute approximate surface area is 102 Å². The Morgan fingerprint density at radius 2 is 2.12 bits per heavy atom. The second kappa shape index (κ2) is 3.39.